The molecule has 3 heteroatoms. The molecular formula is C17H17NOS. The van der Waals surface area contributed by atoms with E-state index in [0.29, 0.717) is 5.92 Å². The molecule has 2 aromatic rings. The van der Waals surface area contributed by atoms with Gasteiger partial charge in [0.1, 0.15) is 0 Å². The Bertz CT molecular complexity index is 589. The van der Waals surface area contributed by atoms with Gasteiger partial charge in [0.2, 0.25) is 5.91 Å². The van der Waals surface area contributed by atoms with E-state index in [1.165, 1.54) is 5.56 Å². The van der Waals surface area contributed by atoms with Crippen LogP contribution in [0.2, 0.25) is 0 Å². The van der Waals surface area contributed by atoms with Crippen molar-refractivity contribution in [2.24, 2.45) is 0 Å². The molecular weight excluding hydrogens is 266 g/mol. The van der Waals surface area contributed by atoms with Crippen LogP contribution >= 0.6 is 11.3 Å². The number of amides is 1. The van der Waals surface area contributed by atoms with Gasteiger partial charge in [-0.3, -0.25) is 4.79 Å². The van der Waals surface area contributed by atoms with Crippen LogP contribution in [-0.4, -0.2) is 23.9 Å². The third-order valence-electron chi connectivity index (χ3n) is 3.70. The summed E-state index contributed by atoms with van der Waals surface area (Å²) in [6.07, 6.45) is 4.66. The number of carbonyl (C=O) groups excluding carboxylic acids is 1. The molecule has 1 amide bonds. The minimum Gasteiger partial charge on any atom is -0.339 e. The Labute approximate surface area is 123 Å². The highest BCUT2D eigenvalue weighted by Crippen LogP contribution is 2.27. The van der Waals surface area contributed by atoms with Gasteiger partial charge in [-0.05, 0) is 29.5 Å². The zero-order chi connectivity index (χ0) is 13.8. The Morgan fingerprint density at radius 1 is 1.20 bits per heavy atom. The number of nitrogens with zero attached hydrogens (tertiary/aromatic N) is 1. The second-order valence-electron chi connectivity index (χ2n) is 5.03. The van der Waals surface area contributed by atoms with Crippen molar-refractivity contribution in [2.45, 2.75) is 12.3 Å². The molecule has 0 radical (unpaired) electrons. The van der Waals surface area contributed by atoms with Crippen LogP contribution in [0, 0.1) is 0 Å². The van der Waals surface area contributed by atoms with Crippen LogP contribution < -0.4 is 0 Å². The van der Waals surface area contributed by atoms with Gasteiger partial charge in [0.25, 0.3) is 0 Å². The molecule has 20 heavy (non-hydrogen) atoms. The van der Waals surface area contributed by atoms with Crippen LogP contribution in [0.25, 0.3) is 6.08 Å². The van der Waals surface area contributed by atoms with E-state index in [-0.39, 0.29) is 5.91 Å². The Hall–Kier alpha value is -1.87. The molecule has 0 spiro atoms. The van der Waals surface area contributed by atoms with Crippen molar-refractivity contribution in [3.63, 3.8) is 0 Å². The molecule has 1 unspecified atom stereocenters. The smallest absolute Gasteiger partial charge is 0.246 e. The van der Waals surface area contributed by atoms with E-state index in [0.717, 1.165) is 24.4 Å². The lowest BCUT2D eigenvalue weighted by Gasteiger charge is -2.14. The molecule has 3 rings (SSSR count). The first-order chi connectivity index (χ1) is 9.83. The van der Waals surface area contributed by atoms with E-state index in [9.17, 15) is 4.79 Å². The van der Waals surface area contributed by atoms with Gasteiger partial charge in [-0.2, -0.15) is 0 Å². The highest BCUT2D eigenvalue weighted by atomic mass is 32.1. The second-order valence-corrected chi connectivity index (χ2v) is 6.01. The molecule has 1 saturated heterocycles. The number of likely N-dealkylation sites (tertiary alicyclic amines) is 1. The Morgan fingerprint density at radius 3 is 2.80 bits per heavy atom. The average molecular weight is 283 g/mol. The molecule has 1 aromatic heterocycles. The number of carbonyl (C=O) groups is 1. The van der Waals surface area contributed by atoms with Crippen molar-refractivity contribution in [3.8, 4) is 0 Å². The molecule has 0 N–H and O–H groups in total. The maximum absolute atomic E-state index is 12.2. The third-order valence-corrected chi connectivity index (χ3v) is 4.54. The molecule has 1 atom stereocenters. The number of thiophene rings is 1. The lowest BCUT2D eigenvalue weighted by molar-refractivity contribution is -0.124. The van der Waals surface area contributed by atoms with Crippen LogP contribution in [0.15, 0.2) is 53.9 Å². The summed E-state index contributed by atoms with van der Waals surface area (Å²) in [6, 6.07) is 14.5. The molecule has 2 nitrogen and oxygen atoms in total. The minimum absolute atomic E-state index is 0.122. The number of hydrogen-bond acceptors (Lipinski definition) is 2. The van der Waals surface area contributed by atoms with Crippen molar-refractivity contribution in [2.75, 3.05) is 13.1 Å². The van der Waals surface area contributed by atoms with E-state index in [1.807, 2.05) is 34.6 Å². The lowest BCUT2D eigenvalue weighted by atomic mass is 9.99. The summed E-state index contributed by atoms with van der Waals surface area (Å²) >= 11 is 1.65. The van der Waals surface area contributed by atoms with Crippen LogP contribution in [0.4, 0.5) is 0 Å². The molecule has 1 aromatic carbocycles. The van der Waals surface area contributed by atoms with Crippen LogP contribution in [0.3, 0.4) is 0 Å². The molecule has 102 valence electrons. The zero-order valence-electron chi connectivity index (χ0n) is 11.2. The van der Waals surface area contributed by atoms with Gasteiger partial charge in [0.05, 0.1) is 0 Å². The predicted octanol–water partition coefficient (Wildman–Crippen LogP) is 3.78. The summed E-state index contributed by atoms with van der Waals surface area (Å²) in [4.78, 5) is 15.2. The molecule has 1 fully saturated rings. The summed E-state index contributed by atoms with van der Waals surface area (Å²) in [7, 11) is 0. The number of rotatable bonds is 3. The van der Waals surface area contributed by atoms with Crippen LogP contribution in [0.1, 0.15) is 22.8 Å². The summed E-state index contributed by atoms with van der Waals surface area (Å²) in [5.74, 6) is 0.604. The highest BCUT2D eigenvalue weighted by Gasteiger charge is 2.25. The van der Waals surface area contributed by atoms with Gasteiger partial charge in [0, 0.05) is 30.0 Å². The Morgan fingerprint density at radius 2 is 2.05 bits per heavy atom. The molecule has 2 heterocycles. The van der Waals surface area contributed by atoms with E-state index in [4.69, 9.17) is 0 Å². The van der Waals surface area contributed by atoms with Crippen molar-refractivity contribution in [1.29, 1.82) is 0 Å². The van der Waals surface area contributed by atoms with E-state index < -0.39 is 0 Å². The molecule has 1 aliphatic rings. The molecule has 0 aliphatic carbocycles. The highest BCUT2D eigenvalue weighted by molar-refractivity contribution is 7.10. The van der Waals surface area contributed by atoms with Gasteiger partial charge >= 0.3 is 0 Å². The number of benzene rings is 1. The molecule has 0 bridgehead atoms. The maximum Gasteiger partial charge on any atom is 0.246 e. The molecule has 0 saturated carbocycles. The standard InChI is InChI=1S/C17H17NOS/c19-17(9-8-16-7-4-12-20-16)18-11-10-15(13-18)14-5-2-1-3-6-14/h1-9,12,15H,10-11,13H2/b9-8+. The lowest BCUT2D eigenvalue weighted by Crippen LogP contribution is -2.26. The SMILES string of the molecule is O=C(/C=C/c1cccs1)N1CCC(c2ccccc2)C1. The second kappa shape index (κ2) is 6.06. The Kier molecular flexibility index (Phi) is 3.97. The topological polar surface area (TPSA) is 20.3 Å². The summed E-state index contributed by atoms with van der Waals surface area (Å²) < 4.78 is 0. The predicted molar refractivity (Wildman–Crippen MR) is 83.7 cm³/mol. The van der Waals surface area contributed by atoms with Crippen LogP contribution in [-0.2, 0) is 4.79 Å². The fourth-order valence-electron chi connectivity index (χ4n) is 2.60. The van der Waals surface area contributed by atoms with Gasteiger partial charge in [-0.15, -0.1) is 11.3 Å². The van der Waals surface area contributed by atoms with Gasteiger partial charge in [0.15, 0.2) is 0 Å². The quantitative estimate of drug-likeness (QED) is 0.785. The summed E-state index contributed by atoms with van der Waals surface area (Å²) in [6.45, 7) is 1.69. The van der Waals surface area contributed by atoms with Crippen molar-refractivity contribution < 1.29 is 4.79 Å². The maximum atomic E-state index is 12.2. The van der Waals surface area contributed by atoms with E-state index in [2.05, 4.69) is 24.3 Å². The minimum atomic E-state index is 0.122. The number of hydrogen-bond donors (Lipinski definition) is 0. The van der Waals surface area contributed by atoms with E-state index >= 15 is 0 Å². The van der Waals surface area contributed by atoms with Crippen LogP contribution in [0.5, 0.6) is 0 Å². The Balaban J connectivity index is 1.61. The first kappa shape index (κ1) is 13.1. The molecule has 1 aliphatic heterocycles. The third kappa shape index (κ3) is 2.99. The first-order valence-corrected chi connectivity index (χ1v) is 7.76. The van der Waals surface area contributed by atoms with Gasteiger partial charge < -0.3 is 4.90 Å². The van der Waals surface area contributed by atoms with E-state index in [1.54, 1.807) is 17.4 Å². The summed E-state index contributed by atoms with van der Waals surface area (Å²) in [5, 5.41) is 2.02. The average Bonchev–Trinajstić information content (AvgIpc) is 3.17. The zero-order valence-corrected chi connectivity index (χ0v) is 12.1. The monoisotopic (exact) mass is 283 g/mol. The fourth-order valence-corrected chi connectivity index (χ4v) is 3.22. The van der Waals surface area contributed by atoms with Crippen molar-refractivity contribution >= 4 is 23.3 Å². The first-order valence-electron chi connectivity index (χ1n) is 6.88. The van der Waals surface area contributed by atoms with Crippen molar-refractivity contribution in [1.82, 2.24) is 4.90 Å². The fraction of sp³-hybridized carbons (Fsp3) is 0.235. The van der Waals surface area contributed by atoms with Gasteiger partial charge in [-0.25, -0.2) is 0 Å². The normalized spacial score (nSPS) is 18.8. The van der Waals surface area contributed by atoms with Gasteiger partial charge in [-0.1, -0.05) is 36.4 Å². The van der Waals surface area contributed by atoms with Crippen molar-refractivity contribution in [3.05, 3.63) is 64.4 Å². The largest absolute Gasteiger partial charge is 0.339 e. The summed E-state index contributed by atoms with van der Waals surface area (Å²) in [5.41, 5.74) is 1.34.